The van der Waals surface area contributed by atoms with Crippen LogP contribution in [0.15, 0.2) is 77.0 Å². The van der Waals surface area contributed by atoms with Crippen molar-refractivity contribution in [2.45, 2.75) is 11.4 Å². The van der Waals surface area contributed by atoms with Crippen LogP contribution < -0.4 is 5.32 Å². The number of esters is 1. The Kier molecular flexibility index (Phi) is 5.98. The molecule has 0 radical (unpaired) electrons. The van der Waals surface area contributed by atoms with Crippen molar-refractivity contribution < 1.29 is 19.1 Å². The molecule has 7 heteroatoms. The zero-order valence-corrected chi connectivity index (χ0v) is 19.1. The van der Waals surface area contributed by atoms with Crippen molar-refractivity contribution in [1.29, 1.82) is 0 Å². The first-order valence-corrected chi connectivity index (χ1v) is 12.3. The van der Waals surface area contributed by atoms with E-state index < -0.39 is 5.97 Å². The summed E-state index contributed by atoms with van der Waals surface area (Å²) in [7, 11) is 0. The minimum Gasteiger partial charge on any atom is -0.455 e. The molecule has 1 amide bonds. The van der Waals surface area contributed by atoms with E-state index in [1.807, 2.05) is 72.1 Å². The number of ether oxygens (including phenoxy) is 1. The van der Waals surface area contributed by atoms with E-state index in [9.17, 15) is 14.4 Å². The summed E-state index contributed by atoms with van der Waals surface area (Å²) in [5.41, 5.74) is 3.33. The Hall–Kier alpha value is -3.42. The lowest BCUT2D eigenvalue weighted by molar-refractivity contribution is -0.145. The van der Waals surface area contributed by atoms with Gasteiger partial charge in [-0.25, -0.2) is 0 Å². The molecule has 1 heterocycles. The van der Waals surface area contributed by atoms with Gasteiger partial charge in [0.1, 0.15) is 0 Å². The molecule has 0 unspecified atom stereocenters. The summed E-state index contributed by atoms with van der Waals surface area (Å²) in [5, 5.41) is 6.51. The number of benzene rings is 3. The summed E-state index contributed by atoms with van der Waals surface area (Å²) < 4.78 is 5.13. The highest BCUT2D eigenvalue weighted by molar-refractivity contribution is 8.00. The molecule has 1 N–H and O–H groups in total. The topological polar surface area (TPSA) is 72.5 Å². The maximum atomic E-state index is 13.0. The second-order valence-corrected chi connectivity index (χ2v) is 9.57. The van der Waals surface area contributed by atoms with Crippen LogP contribution in [0.5, 0.6) is 0 Å². The van der Waals surface area contributed by atoms with E-state index in [1.54, 1.807) is 11.3 Å². The van der Waals surface area contributed by atoms with Gasteiger partial charge in [-0.3, -0.25) is 14.4 Å². The van der Waals surface area contributed by atoms with Gasteiger partial charge in [0.25, 0.3) is 5.91 Å². The molecule has 0 saturated heterocycles. The van der Waals surface area contributed by atoms with Gasteiger partial charge in [0.2, 0.25) is 0 Å². The van der Waals surface area contributed by atoms with Crippen molar-refractivity contribution in [3.8, 4) is 11.1 Å². The molecular formula is C26H19NO4S2. The highest BCUT2D eigenvalue weighted by Crippen LogP contribution is 2.42. The monoisotopic (exact) mass is 473 g/mol. The number of carbonyl (C=O) groups excluding carboxylic acids is 3. The number of hydrogen-bond donors (Lipinski definition) is 1. The number of thiophene rings is 1. The predicted octanol–water partition coefficient (Wildman–Crippen LogP) is 5.06. The fourth-order valence-electron chi connectivity index (χ4n) is 3.95. The number of carbonyl (C=O) groups is 3. The SMILES string of the molecule is O=C(COC(=O)CSc1ccc2c3c(cccc13)C(=O)c1ccccc1-2)NCc1cccs1. The van der Waals surface area contributed by atoms with Crippen molar-refractivity contribution >= 4 is 51.5 Å². The molecule has 0 bridgehead atoms. The lowest BCUT2D eigenvalue weighted by Gasteiger charge is -2.21. The number of rotatable bonds is 7. The lowest BCUT2D eigenvalue weighted by Crippen LogP contribution is -2.28. The van der Waals surface area contributed by atoms with Crippen molar-refractivity contribution in [2.75, 3.05) is 12.4 Å². The highest BCUT2D eigenvalue weighted by atomic mass is 32.2. The molecule has 5 nitrogen and oxygen atoms in total. The fourth-order valence-corrected chi connectivity index (χ4v) is 5.45. The van der Waals surface area contributed by atoms with Gasteiger partial charge >= 0.3 is 5.97 Å². The van der Waals surface area contributed by atoms with Crippen LogP contribution in [0.3, 0.4) is 0 Å². The van der Waals surface area contributed by atoms with Gasteiger partial charge in [-0.15, -0.1) is 23.1 Å². The minimum absolute atomic E-state index is 0.0128. The summed E-state index contributed by atoms with van der Waals surface area (Å²) in [6.45, 7) is 0.116. The first-order valence-electron chi connectivity index (χ1n) is 10.4. The Balaban J connectivity index is 1.27. The molecule has 33 heavy (non-hydrogen) atoms. The van der Waals surface area contributed by atoms with Crippen LogP contribution in [0.2, 0.25) is 0 Å². The van der Waals surface area contributed by atoms with Crippen molar-refractivity contribution in [3.63, 3.8) is 0 Å². The zero-order chi connectivity index (χ0) is 22.8. The van der Waals surface area contributed by atoms with Crippen molar-refractivity contribution in [3.05, 3.63) is 88.1 Å². The van der Waals surface area contributed by atoms with E-state index in [4.69, 9.17) is 4.74 Å². The van der Waals surface area contributed by atoms with Crippen LogP contribution in [0.4, 0.5) is 0 Å². The zero-order valence-electron chi connectivity index (χ0n) is 17.5. The molecule has 5 rings (SSSR count). The van der Waals surface area contributed by atoms with Gasteiger partial charge in [0.15, 0.2) is 12.4 Å². The molecule has 3 aromatic carbocycles. The van der Waals surface area contributed by atoms with E-state index in [0.29, 0.717) is 17.7 Å². The normalized spacial score (nSPS) is 11.8. The summed E-state index contributed by atoms with van der Waals surface area (Å²) in [4.78, 5) is 39.1. The third kappa shape index (κ3) is 4.29. The van der Waals surface area contributed by atoms with E-state index >= 15 is 0 Å². The predicted molar refractivity (Wildman–Crippen MR) is 131 cm³/mol. The van der Waals surface area contributed by atoms with Crippen molar-refractivity contribution in [1.82, 2.24) is 5.32 Å². The maximum Gasteiger partial charge on any atom is 0.316 e. The summed E-state index contributed by atoms with van der Waals surface area (Å²) >= 11 is 2.89. The van der Waals surface area contributed by atoms with Crippen LogP contribution in [0.25, 0.3) is 21.9 Å². The van der Waals surface area contributed by atoms with Crippen LogP contribution >= 0.6 is 23.1 Å². The lowest BCUT2D eigenvalue weighted by atomic mass is 9.83. The number of ketones is 1. The Bertz CT molecular complexity index is 1380. The van der Waals surface area contributed by atoms with Crippen LogP contribution in [-0.2, 0) is 20.9 Å². The molecule has 0 saturated carbocycles. The number of nitrogens with one attached hydrogen (secondary N) is 1. The number of hydrogen-bond acceptors (Lipinski definition) is 6. The summed E-state index contributed by atoms with van der Waals surface area (Å²) in [5.74, 6) is -0.714. The smallest absolute Gasteiger partial charge is 0.316 e. The average Bonchev–Trinajstić information content (AvgIpc) is 3.37. The second kappa shape index (κ2) is 9.21. The number of thioether (sulfide) groups is 1. The van der Waals surface area contributed by atoms with E-state index in [0.717, 1.165) is 31.7 Å². The first kappa shape index (κ1) is 21.4. The molecule has 1 aliphatic rings. The molecule has 4 aromatic rings. The van der Waals surface area contributed by atoms with Gasteiger partial charge in [-0.1, -0.05) is 54.6 Å². The Morgan fingerprint density at radius 3 is 2.52 bits per heavy atom. The number of amides is 1. The van der Waals surface area contributed by atoms with Gasteiger partial charge in [-0.2, -0.15) is 0 Å². The van der Waals surface area contributed by atoms with E-state index in [-0.39, 0.29) is 24.1 Å². The van der Waals surface area contributed by atoms with Crippen LogP contribution in [-0.4, -0.2) is 30.0 Å². The largest absolute Gasteiger partial charge is 0.455 e. The van der Waals surface area contributed by atoms with Gasteiger partial charge in [-0.05, 0) is 34.0 Å². The molecule has 0 aliphatic heterocycles. The average molecular weight is 474 g/mol. The molecule has 1 aliphatic carbocycles. The second-order valence-electron chi connectivity index (χ2n) is 7.52. The molecule has 164 valence electrons. The van der Waals surface area contributed by atoms with Gasteiger partial charge in [0, 0.05) is 26.3 Å². The first-order chi connectivity index (χ1) is 16.1. The Morgan fingerprint density at radius 2 is 1.70 bits per heavy atom. The third-order valence-electron chi connectivity index (χ3n) is 5.46. The van der Waals surface area contributed by atoms with Crippen LogP contribution in [0, 0.1) is 0 Å². The molecular weight excluding hydrogens is 454 g/mol. The van der Waals surface area contributed by atoms with Gasteiger partial charge < -0.3 is 10.1 Å². The number of fused-ring (bicyclic) bond motifs is 2. The molecule has 0 atom stereocenters. The van der Waals surface area contributed by atoms with Gasteiger partial charge in [0.05, 0.1) is 12.3 Å². The maximum absolute atomic E-state index is 13.0. The quantitative estimate of drug-likeness (QED) is 0.264. The summed E-state index contributed by atoms with van der Waals surface area (Å²) in [6, 6.07) is 21.1. The van der Waals surface area contributed by atoms with Crippen molar-refractivity contribution in [2.24, 2.45) is 0 Å². The molecule has 0 fully saturated rings. The standard InChI is InChI=1S/C26H19NO4S2/c28-23(27-13-16-5-4-12-32-16)14-31-24(29)15-33-22-11-10-18-17-6-1-2-7-19(17)26(30)21-9-3-8-20(22)25(18)21/h1-12H,13-15H2,(H,27,28). The highest BCUT2D eigenvalue weighted by Gasteiger charge is 2.25. The Morgan fingerprint density at radius 1 is 0.879 bits per heavy atom. The van der Waals surface area contributed by atoms with E-state index in [2.05, 4.69) is 5.32 Å². The van der Waals surface area contributed by atoms with Crippen LogP contribution in [0.1, 0.15) is 20.8 Å². The Labute approximate surface area is 198 Å². The fraction of sp³-hybridized carbons (Fsp3) is 0.115. The third-order valence-corrected chi connectivity index (χ3v) is 7.38. The van der Waals surface area contributed by atoms with E-state index in [1.165, 1.54) is 11.8 Å². The molecule has 0 spiro atoms. The summed E-state index contributed by atoms with van der Waals surface area (Å²) in [6.07, 6.45) is 0. The molecule has 1 aromatic heterocycles. The minimum atomic E-state index is -0.465.